The first-order valence-electron chi connectivity index (χ1n) is 13.0. The Morgan fingerprint density at radius 2 is 0.862 bits per heavy atom. The van der Waals surface area contributed by atoms with Crippen molar-refractivity contribution in [3.63, 3.8) is 0 Å². The van der Waals surface area contributed by atoms with Gasteiger partial charge in [-0.1, -0.05) is 96.8 Å². The molecule has 1 unspecified atom stereocenters. The van der Waals surface area contributed by atoms with E-state index in [4.69, 9.17) is 0 Å². The highest BCUT2D eigenvalue weighted by Crippen LogP contribution is 2.14. The maximum Gasteiger partial charge on any atom is 0.152 e. The van der Waals surface area contributed by atoms with Gasteiger partial charge in [0.15, 0.2) is 6.10 Å². The average Bonchev–Trinajstić information content (AvgIpc) is 2.59. The van der Waals surface area contributed by atoms with Crippen LogP contribution < -0.4 is 0 Å². The SMILES string of the molecule is CCCCCCCCCCCCCCCCCC[N+](C)(C)CC(O)C[N+](C)(C)C. The maximum atomic E-state index is 10.3. The molecule has 0 saturated carbocycles. The van der Waals surface area contributed by atoms with Crippen LogP contribution in [-0.4, -0.2) is 75.0 Å². The lowest BCUT2D eigenvalue weighted by atomic mass is 10.0. The van der Waals surface area contributed by atoms with E-state index in [-0.39, 0.29) is 6.10 Å². The van der Waals surface area contributed by atoms with Gasteiger partial charge in [-0.05, 0) is 12.8 Å². The summed E-state index contributed by atoms with van der Waals surface area (Å²) < 4.78 is 1.78. The lowest BCUT2D eigenvalue weighted by Gasteiger charge is -2.34. The summed E-state index contributed by atoms with van der Waals surface area (Å²) in [4.78, 5) is 0. The van der Waals surface area contributed by atoms with Crippen LogP contribution in [0.25, 0.3) is 0 Å². The van der Waals surface area contributed by atoms with E-state index in [2.05, 4.69) is 42.2 Å². The molecule has 0 heterocycles. The maximum absolute atomic E-state index is 10.3. The van der Waals surface area contributed by atoms with Crippen LogP contribution in [0.1, 0.15) is 110 Å². The molecule has 0 aliphatic heterocycles. The Kier molecular flexibility index (Phi) is 17.5. The summed E-state index contributed by atoms with van der Waals surface area (Å²) in [6.07, 6.45) is 22.6. The van der Waals surface area contributed by atoms with Gasteiger partial charge in [0.25, 0.3) is 0 Å². The molecule has 0 rings (SSSR count). The van der Waals surface area contributed by atoms with Crippen LogP contribution in [0.3, 0.4) is 0 Å². The lowest BCUT2D eigenvalue weighted by Crippen LogP contribution is -2.51. The van der Waals surface area contributed by atoms with Gasteiger partial charge < -0.3 is 14.1 Å². The van der Waals surface area contributed by atoms with Crippen LogP contribution in [0.4, 0.5) is 0 Å². The predicted molar refractivity (Wildman–Crippen MR) is 130 cm³/mol. The van der Waals surface area contributed by atoms with Crippen molar-refractivity contribution in [2.24, 2.45) is 0 Å². The molecular formula is C26H58N2O+2. The van der Waals surface area contributed by atoms with Crippen molar-refractivity contribution >= 4 is 0 Å². The number of aliphatic hydroxyl groups excluding tert-OH is 1. The Bertz CT molecular complexity index is 349. The second kappa shape index (κ2) is 17.5. The molecule has 3 nitrogen and oxygen atoms in total. The quantitative estimate of drug-likeness (QED) is 0.170. The van der Waals surface area contributed by atoms with Crippen LogP contribution >= 0.6 is 0 Å². The van der Waals surface area contributed by atoms with E-state index in [0.717, 1.165) is 22.1 Å². The number of nitrogens with zero attached hydrogens (tertiary/aromatic N) is 2. The first kappa shape index (κ1) is 28.9. The monoisotopic (exact) mass is 414 g/mol. The van der Waals surface area contributed by atoms with E-state index in [9.17, 15) is 5.11 Å². The molecule has 0 aromatic rings. The van der Waals surface area contributed by atoms with E-state index < -0.39 is 0 Å². The van der Waals surface area contributed by atoms with Gasteiger partial charge >= 0.3 is 0 Å². The molecule has 0 aliphatic rings. The van der Waals surface area contributed by atoms with Crippen molar-refractivity contribution in [2.75, 3.05) is 54.9 Å². The number of hydrogen-bond acceptors (Lipinski definition) is 1. The Morgan fingerprint density at radius 1 is 0.517 bits per heavy atom. The number of rotatable bonds is 21. The zero-order valence-corrected chi connectivity index (χ0v) is 21.4. The van der Waals surface area contributed by atoms with Gasteiger partial charge in [-0.3, -0.25) is 0 Å². The second-order valence-electron chi connectivity index (χ2n) is 11.3. The van der Waals surface area contributed by atoms with Gasteiger partial charge in [0.2, 0.25) is 0 Å². The zero-order chi connectivity index (χ0) is 22.0. The molecule has 3 heteroatoms. The first-order valence-corrected chi connectivity index (χ1v) is 13.0. The molecule has 0 amide bonds. The first-order chi connectivity index (χ1) is 13.7. The summed E-state index contributed by atoms with van der Waals surface area (Å²) in [7, 11) is 11.0. The molecule has 0 saturated heterocycles. The summed E-state index contributed by atoms with van der Waals surface area (Å²) >= 11 is 0. The van der Waals surface area contributed by atoms with E-state index in [0.29, 0.717) is 0 Å². The van der Waals surface area contributed by atoms with Crippen molar-refractivity contribution in [2.45, 2.75) is 116 Å². The van der Waals surface area contributed by atoms with Crippen molar-refractivity contribution < 1.29 is 14.1 Å². The Hall–Kier alpha value is -0.120. The fourth-order valence-electron chi connectivity index (χ4n) is 4.44. The van der Waals surface area contributed by atoms with Crippen molar-refractivity contribution in [1.29, 1.82) is 0 Å². The third kappa shape index (κ3) is 22.4. The molecule has 1 atom stereocenters. The minimum Gasteiger partial charge on any atom is -0.382 e. The summed E-state index contributed by atoms with van der Waals surface area (Å²) in [6.45, 7) is 5.18. The van der Waals surface area contributed by atoms with Crippen LogP contribution in [0.2, 0.25) is 0 Å². The lowest BCUT2D eigenvalue weighted by molar-refractivity contribution is -0.907. The third-order valence-corrected chi connectivity index (χ3v) is 6.08. The van der Waals surface area contributed by atoms with Gasteiger partial charge in [0.1, 0.15) is 13.1 Å². The predicted octanol–water partition coefficient (Wildman–Crippen LogP) is 6.39. The molecule has 0 aromatic carbocycles. The van der Waals surface area contributed by atoms with Crippen LogP contribution in [0.15, 0.2) is 0 Å². The highest BCUT2D eigenvalue weighted by atomic mass is 16.3. The van der Waals surface area contributed by atoms with Crippen LogP contribution in [0.5, 0.6) is 0 Å². The van der Waals surface area contributed by atoms with Crippen LogP contribution in [0, 0.1) is 0 Å². The molecule has 0 spiro atoms. The number of hydrogen-bond donors (Lipinski definition) is 1. The molecular weight excluding hydrogens is 356 g/mol. The average molecular weight is 415 g/mol. The standard InChI is InChI=1S/C26H58N2O/c1-7-8-9-10-11-12-13-14-15-16-17-18-19-20-21-22-23-28(5,6)25-26(29)24-27(2,3)4/h26,29H,7-25H2,1-6H3/q+2. The minimum absolute atomic E-state index is 0.203. The fraction of sp³-hybridized carbons (Fsp3) is 1.00. The largest absolute Gasteiger partial charge is 0.382 e. The van der Waals surface area contributed by atoms with Gasteiger partial charge in [-0.15, -0.1) is 0 Å². The molecule has 0 bridgehead atoms. The summed E-state index contributed by atoms with van der Waals surface area (Å²) in [5, 5.41) is 10.3. The normalized spacial score (nSPS) is 13.8. The highest BCUT2D eigenvalue weighted by Gasteiger charge is 2.24. The fourth-order valence-corrected chi connectivity index (χ4v) is 4.44. The van der Waals surface area contributed by atoms with E-state index in [1.54, 1.807) is 0 Å². The molecule has 29 heavy (non-hydrogen) atoms. The molecule has 176 valence electrons. The number of quaternary nitrogens is 2. The van der Waals surface area contributed by atoms with Crippen LogP contribution in [-0.2, 0) is 0 Å². The summed E-state index contributed by atoms with van der Waals surface area (Å²) in [5.41, 5.74) is 0. The van der Waals surface area contributed by atoms with E-state index >= 15 is 0 Å². The number of likely N-dealkylation sites (N-methyl/N-ethyl adjacent to an activating group) is 2. The summed E-state index contributed by atoms with van der Waals surface area (Å²) in [6, 6.07) is 0. The Morgan fingerprint density at radius 3 is 1.21 bits per heavy atom. The number of unbranched alkanes of at least 4 members (excludes halogenated alkanes) is 15. The van der Waals surface area contributed by atoms with Crippen molar-refractivity contribution in [1.82, 2.24) is 0 Å². The second-order valence-corrected chi connectivity index (χ2v) is 11.3. The summed E-state index contributed by atoms with van der Waals surface area (Å²) in [5.74, 6) is 0. The topological polar surface area (TPSA) is 20.2 Å². The van der Waals surface area contributed by atoms with E-state index in [1.165, 1.54) is 109 Å². The van der Waals surface area contributed by atoms with Gasteiger partial charge in [0, 0.05) is 0 Å². The van der Waals surface area contributed by atoms with Crippen molar-refractivity contribution in [3.8, 4) is 0 Å². The van der Waals surface area contributed by atoms with Gasteiger partial charge in [-0.2, -0.15) is 0 Å². The Labute approximate surface area is 185 Å². The third-order valence-electron chi connectivity index (χ3n) is 6.08. The van der Waals surface area contributed by atoms with Gasteiger partial charge in [0.05, 0.1) is 41.8 Å². The Balaban J connectivity index is 3.40. The highest BCUT2D eigenvalue weighted by molar-refractivity contribution is 4.53. The van der Waals surface area contributed by atoms with Gasteiger partial charge in [-0.25, -0.2) is 0 Å². The smallest absolute Gasteiger partial charge is 0.152 e. The molecule has 0 aromatic heterocycles. The molecule has 0 radical (unpaired) electrons. The molecule has 0 aliphatic carbocycles. The zero-order valence-electron chi connectivity index (χ0n) is 21.4. The minimum atomic E-state index is -0.203. The van der Waals surface area contributed by atoms with Crippen molar-refractivity contribution in [3.05, 3.63) is 0 Å². The molecule has 0 fully saturated rings. The number of aliphatic hydroxyl groups is 1. The van der Waals surface area contributed by atoms with E-state index in [1.807, 2.05) is 0 Å². The molecule has 1 N–H and O–H groups in total.